The Balaban J connectivity index is 0.855. The summed E-state index contributed by atoms with van der Waals surface area (Å²) >= 11 is 0.0405. The molecule has 17 aromatic rings. The van der Waals surface area contributed by atoms with Crippen LogP contribution in [0.4, 0.5) is 0 Å². The van der Waals surface area contributed by atoms with Gasteiger partial charge in [-0.25, -0.2) is 0 Å². The van der Waals surface area contributed by atoms with Gasteiger partial charge < -0.3 is 0 Å². The Morgan fingerprint density at radius 1 is 0.215 bits per heavy atom. The van der Waals surface area contributed by atoms with Crippen LogP contribution in [0.25, 0.3) is 173 Å². The molecule has 14 aromatic carbocycles. The summed E-state index contributed by atoms with van der Waals surface area (Å²) in [4.78, 5) is 0. The fourth-order valence-corrected chi connectivity index (χ4v) is 15.8. The van der Waals surface area contributed by atoms with Crippen molar-refractivity contribution >= 4 is 121 Å². The molecule has 79 heavy (non-hydrogen) atoms. The Labute approximate surface area is 460 Å². The number of furan rings is 2. The predicted molar refractivity (Wildman–Crippen MR) is 336 cm³/mol. The fraction of sp³-hybridized carbons (Fsp3) is 0. The molecular formula is C76H44O2Se. The average Bonchev–Trinajstić information content (AvgIpc) is 4.43. The first-order chi connectivity index (χ1) is 39.2. The Bertz CT molecular complexity index is 5250. The van der Waals surface area contributed by atoms with E-state index in [4.69, 9.17) is 8.83 Å². The number of rotatable bonds is 6. The van der Waals surface area contributed by atoms with Crippen LogP contribution in [0.3, 0.4) is 0 Å². The van der Waals surface area contributed by atoms with Crippen LogP contribution in [0.15, 0.2) is 276 Å². The van der Waals surface area contributed by atoms with Gasteiger partial charge >= 0.3 is 368 Å². The number of hydrogen-bond donors (Lipinski definition) is 0. The Morgan fingerprint density at radius 3 is 0.975 bits per heavy atom. The van der Waals surface area contributed by atoms with Crippen molar-refractivity contribution < 1.29 is 8.83 Å². The van der Waals surface area contributed by atoms with Gasteiger partial charge in [0, 0.05) is 0 Å². The number of benzene rings is 14. The van der Waals surface area contributed by atoms with E-state index in [9.17, 15) is 0 Å². The van der Waals surface area contributed by atoms with E-state index in [0.717, 1.165) is 43.9 Å². The van der Waals surface area contributed by atoms with E-state index < -0.39 is 0 Å². The first-order valence-corrected chi connectivity index (χ1v) is 28.8. The topological polar surface area (TPSA) is 26.3 Å². The van der Waals surface area contributed by atoms with E-state index in [1.165, 1.54) is 129 Å². The molecule has 0 fully saturated rings. The largest absolute Gasteiger partial charge is 0.0617 e. The van der Waals surface area contributed by atoms with Gasteiger partial charge in [-0.2, -0.15) is 0 Å². The molecule has 0 N–H and O–H groups in total. The quantitative estimate of drug-likeness (QED) is 0.123. The molecule has 17 rings (SSSR count). The molecule has 0 spiro atoms. The van der Waals surface area contributed by atoms with E-state index in [0.29, 0.717) is 0 Å². The van der Waals surface area contributed by atoms with Gasteiger partial charge in [0.25, 0.3) is 0 Å². The molecule has 0 aliphatic carbocycles. The van der Waals surface area contributed by atoms with Crippen molar-refractivity contribution in [1.29, 1.82) is 0 Å². The SMILES string of the molecule is c1ccc(-c2ccc3oc4ccc(-c5c6ccccc6c(-c6cccc7c6[se]c6cccc(-c8c9ccccc9c(-c9ccc%10oc%11ccc(-c%12ccccc%12)cc%11c%10c9)c9ccccc89)c67)c6ccccc56)cc4c3c2)cc1. The third-order valence-electron chi connectivity index (χ3n) is 16.7. The minimum absolute atomic E-state index is 0.0405. The molecule has 3 heteroatoms. The van der Waals surface area contributed by atoms with Crippen LogP contribution in [-0.2, 0) is 0 Å². The molecule has 0 atom stereocenters. The van der Waals surface area contributed by atoms with E-state index in [1.54, 1.807) is 0 Å². The first kappa shape index (κ1) is 44.4. The van der Waals surface area contributed by atoms with Crippen molar-refractivity contribution in [2.24, 2.45) is 0 Å². The van der Waals surface area contributed by atoms with Crippen molar-refractivity contribution in [2.45, 2.75) is 0 Å². The molecule has 3 heterocycles. The molecule has 0 amide bonds. The minimum atomic E-state index is 0.0405. The van der Waals surface area contributed by atoms with Crippen LogP contribution in [0.2, 0.25) is 0 Å². The van der Waals surface area contributed by atoms with Crippen molar-refractivity contribution in [1.82, 2.24) is 0 Å². The van der Waals surface area contributed by atoms with Gasteiger partial charge in [0.15, 0.2) is 0 Å². The smallest absolute Gasteiger partial charge is 0.0544 e. The summed E-state index contributed by atoms with van der Waals surface area (Å²) in [6.07, 6.45) is 0. The molecule has 0 aliphatic rings. The van der Waals surface area contributed by atoms with Gasteiger partial charge in [0.05, 0.1) is 0 Å². The number of fused-ring (bicyclic) bond motifs is 13. The minimum Gasteiger partial charge on any atom is -0.0617 e. The van der Waals surface area contributed by atoms with Gasteiger partial charge in [-0.15, -0.1) is 0 Å². The molecule has 2 nitrogen and oxygen atoms in total. The molecule has 0 radical (unpaired) electrons. The van der Waals surface area contributed by atoms with Gasteiger partial charge in [-0.05, 0) is 22.8 Å². The second kappa shape index (κ2) is 17.4. The average molecular weight is 1070 g/mol. The van der Waals surface area contributed by atoms with E-state index in [1.807, 2.05) is 0 Å². The Morgan fingerprint density at radius 2 is 0.544 bits per heavy atom. The fourth-order valence-electron chi connectivity index (χ4n) is 13.2. The summed E-state index contributed by atoms with van der Waals surface area (Å²) in [5.41, 5.74) is 18.3. The third kappa shape index (κ3) is 6.77. The van der Waals surface area contributed by atoms with Crippen molar-refractivity contribution in [3.8, 4) is 66.8 Å². The van der Waals surface area contributed by atoms with Crippen molar-refractivity contribution in [2.75, 3.05) is 0 Å². The predicted octanol–water partition coefficient (Wildman–Crippen LogP) is 21.5. The zero-order chi connectivity index (χ0) is 51.7. The Kier molecular flexibility index (Phi) is 9.76. The molecule has 0 unspecified atom stereocenters. The second-order valence-corrected chi connectivity index (χ2v) is 23.1. The molecule has 0 aliphatic heterocycles. The number of hydrogen-bond acceptors (Lipinski definition) is 2. The molecule has 0 bridgehead atoms. The van der Waals surface area contributed by atoms with Gasteiger partial charge in [-0.1, -0.05) is 72.8 Å². The second-order valence-electron chi connectivity index (χ2n) is 20.9. The van der Waals surface area contributed by atoms with Gasteiger partial charge in [0.2, 0.25) is 0 Å². The zero-order valence-corrected chi connectivity index (χ0v) is 44.3. The first-order valence-electron chi connectivity index (χ1n) is 27.0. The summed E-state index contributed by atoms with van der Waals surface area (Å²) < 4.78 is 15.8. The maximum absolute atomic E-state index is 6.49. The van der Waals surface area contributed by atoms with E-state index in [-0.39, 0.29) is 14.5 Å². The van der Waals surface area contributed by atoms with Crippen LogP contribution in [-0.4, -0.2) is 14.5 Å². The van der Waals surface area contributed by atoms with Gasteiger partial charge in [-0.3, -0.25) is 0 Å². The summed E-state index contributed by atoms with van der Waals surface area (Å²) in [7, 11) is 0. The molecular weight excluding hydrogens is 1020 g/mol. The summed E-state index contributed by atoms with van der Waals surface area (Å²) in [6.45, 7) is 0. The molecule has 3 aromatic heterocycles. The third-order valence-corrected chi connectivity index (χ3v) is 19.2. The Hall–Kier alpha value is -9.76. The van der Waals surface area contributed by atoms with Crippen LogP contribution in [0.1, 0.15) is 0 Å². The van der Waals surface area contributed by atoms with Crippen LogP contribution < -0.4 is 0 Å². The van der Waals surface area contributed by atoms with Crippen LogP contribution >= 0.6 is 0 Å². The van der Waals surface area contributed by atoms with Crippen LogP contribution in [0, 0.1) is 0 Å². The molecule has 0 saturated heterocycles. The van der Waals surface area contributed by atoms with Crippen LogP contribution in [0.5, 0.6) is 0 Å². The summed E-state index contributed by atoms with van der Waals surface area (Å²) in [6, 6.07) is 98.3. The maximum Gasteiger partial charge on any atom is -0.0544 e. The van der Waals surface area contributed by atoms with Crippen molar-refractivity contribution in [3.05, 3.63) is 267 Å². The monoisotopic (exact) mass is 1070 g/mol. The molecule has 0 saturated carbocycles. The molecule has 366 valence electrons. The van der Waals surface area contributed by atoms with E-state index in [2.05, 4.69) is 267 Å². The van der Waals surface area contributed by atoms with E-state index >= 15 is 0 Å². The zero-order valence-electron chi connectivity index (χ0n) is 42.6. The normalized spacial score (nSPS) is 12.1. The summed E-state index contributed by atoms with van der Waals surface area (Å²) in [5.74, 6) is 0. The van der Waals surface area contributed by atoms with Gasteiger partial charge in [0.1, 0.15) is 0 Å². The van der Waals surface area contributed by atoms with Crippen molar-refractivity contribution in [3.63, 3.8) is 0 Å². The standard InChI is InChI=1S/C76H44O2Se/c1-3-17-45(18-4-1)47-33-37-66-62(41-47)64-43-49(35-39-68(64)77-66)71-51-21-7-11-25-55(51)73(56-26-12-8-22-52(56)71)59-29-16-32-70-75(59)61-31-15-30-60(76(61)79-70)74-57-27-13-9-23-53(57)72(54-24-10-14-28-58(54)74)50-36-40-69-65(44-50)63-42-48(34-38-67(63)78-69)46-19-5-2-6-20-46/h1-44H. The summed E-state index contributed by atoms with van der Waals surface area (Å²) in [5, 5.41) is 17.1. The maximum atomic E-state index is 6.49.